The minimum atomic E-state index is -0.521. The monoisotopic (exact) mass is 268 g/mol. The van der Waals surface area contributed by atoms with Crippen molar-refractivity contribution in [2.24, 2.45) is 0 Å². The van der Waals surface area contributed by atoms with Crippen LogP contribution in [0.1, 0.15) is 10.4 Å². The van der Waals surface area contributed by atoms with Crippen molar-refractivity contribution in [3.05, 3.63) is 47.1 Å². The van der Waals surface area contributed by atoms with Crippen molar-refractivity contribution in [2.75, 3.05) is 5.75 Å². The van der Waals surface area contributed by atoms with Crippen molar-refractivity contribution in [1.29, 1.82) is 0 Å². The van der Waals surface area contributed by atoms with Crippen molar-refractivity contribution in [1.82, 2.24) is 0 Å². The Bertz CT molecular complexity index is 523. The van der Waals surface area contributed by atoms with Crippen LogP contribution < -0.4 is 0 Å². The van der Waals surface area contributed by atoms with Gasteiger partial charge in [0.2, 0.25) is 0 Å². The molecule has 0 saturated carbocycles. The second kappa shape index (κ2) is 5.33. The summed E-state index contributed by atoms with van der Waals surface area (Å²) in [4.78, 5) is 11.8. The number of halogens is 1. The Hall–Kier alpha value is -1.33. The number of thiophene rings is 1. The van der Waals surface area contributed by atoms with E-state index in [9.17, 15) is 14.3 Å². The van der Waals surface area contributed by atoms with Gasteiger partial charge in [0.1, 0.15) is 11.6 Å². The fourth-order valence-electron chi connectivity index (χ4n) is 1.29. The van der Waals surface area contributed by atoms with Gasteiger partial charge in [0.05, 0.1) is 15.5 Å². The first-order valence-electron chi connectivity index (χ1n) is 4.85. The van der Waals surface area contributed by atoms with Crippen molar-refractivity contribution in [3.8, 4) is 5.75 Å². The highest BCUT2D eigenvalue weighted by Crippen LogP contribution is 2.26. The molecule has 0 radical (unpaired) electrons. The Morgan fingerprint density at radius 3 is 2.94 bits per heavy atom. The van der Waals surface area contributed by atoms with Gasteiger partial charge in [0, 0.05) is 0 Å². The van der Waals surface area contributed by atoms with Crippen LogP contribution in [-0.2, 0) is 0 Å². The van der Waals surface area contributed by atoms with Crippen LogP contribution in [0.25, 0.3) is 0 Å². The first kappa shape index (κ1) is 12.1. The first-order valence-corrected chi connectivity index (χ1v) is 6.71. The highest BCUT2D eigenvalue weighted by atomic mass is 32.2. The van der Waals surface area contributed by atoms with E-state index in [-0.39, 0.29) is 22.8 Å². The van der Waals surface area contributed by atoms with E-state index in [1.165, 1.54) is 17.8 Å². The van der Waals surface area contributed by atoms with Gasteiger partial charge in [-0.05, 0) is 29.6 Å². The molecule has 17 heavy (non-hydrogen) atoms. The van der Waals surface area contributed by atoms with Crippen LogP contribution in [0.3, 0.4) is 0 Å². The number of hydrogen-bond donors (Lipinski definition) is 1. The molecule has 2 rings (SSSR count). The molecule has 0 spiro atoms. The highest BCUT2D eigenvalue weighted by Gasteiger charge is 2.12. The number of rotatable bonds is 4. The van der Waals surface area contributed by atoms with Crippen LogP contribution in [0.2, 0.25) is 0 Å². The maximum atomic E-state index is 13.0. The molecule has 5 heteroatoms. The SMILES string of the molecule is O=C(CSc1cccs1)c1cc(F)ccc1O. The normalized spacial score (nSPS) is 10.4. The lowest BCUT2D eigenvalue weighted by molar-refractivity contribution is 0.101. The molecule has 0 unspecified atom stereocenters. The number of aromatic hydroxyl groups is 1. The maximum absolute atomic E-state index is 13.0. The number of phenols is 1. The summed E-state index contributed by atoms with van der Waals surface area (Å²) in [5, 5.41) is 11.4. The molecule has 0 amide bonds. The van der Waals surface area contributed by atoms with E-state index in [0.29, 0.717) is 0 Å². The largest absolute Gasteiger partial charge is 0.507 e. The zero-order valence-corrected chi connectivity index (χ0v) is 10.4. The fourth-order valence-corrected chi connectivity index (χ4v) is 2.96. The smallest absolute Gasteiger partial charge is 0.176 e. The van der Waals surface area contributed by atoms with E-state index in [1.54, 1.807) is 11.3 Å². The second-order valence-electron chi connectivity index (χ2n) is 3.31. The van der Waals surface area contributed by atoms with Gasteiger partial charge in [0.25, 0.3) is 0 Å². The summed E-state index contributed by atoms with van der Waals surface area (Å²) in [5.74, 6) is -0.784. The number of phenolic OH excluding ortho intramolecular Hbond substituents is 1. The molecule has 0 aliphatic heterocycles. The van der Waals surface area contributed by atoms with Gasteiger partial charge in [-0.1, -0.05) is 6.07 Å². The van der Waals surface area contributed by atoms with Crippen LogP contribution >= 0.6 is 23.1 Å². The molecular weight excluding hydrogens is 259 g/mol. The standard InChI is InChI=1S/C12H9FO2S2/c13-8-3-4-10(14)9(6-8)11(15)7-17-12-2-1-5-16-12/h1-6,14H,7H2. The molecule has 0 aliphatic rings. The molecule has 0 bridgehead atoms. The number of hydrogen-bond acceptors (Lipinski definition) is 4. The molecule has 0 aliphatic carbocycles. The number of Topliss-reactive ketones (excluding diaryl/α,β-unsaturated/α-hetero) is 1. The van der Waals surface area contributed by atoms with E-state index in [4.69, 9.17) is 0 Å². The predicted molar refractivity (Wildman–Crippen MR) is 67.4 cm³/mol. The van der Waals surface area contributed by atoms with E-state index in [2.05, 4.69) is 0 Å². The van der Waals surface area contributed by atoms with Gasteiger partial charge in [-0.2, -0.15) is 0 Å². The molecule has 0 saturated heterocycles. The van der Waals surface area contributed by atoms with Gasteiger partial charge in [-0.15, -0.1) is 23.1 Å². The first-order chi connectivity index (χ1) is 8.16. The number of benzene rings is 1. The number of thioether (sulfide) groups is 1. The van der Waals surface area contributed by atoms with Crippen LogP contribution in [0.5, 0.6) is 5.75 Å². The quantitative estimate of drug-likeness (QED) is 0.680. The number of ketones is 1. The third-order valence-corrected chi connectivity index (χ3v) is 4.23. The van der Waals surface area contributed by atoms with E-state index >= 15 is 0 Å². The van der Waals surface area contributed by atoms with Gasteiger partial charge in [0.15, 0.2) is 5.78 Å². The molecule has 1 N–H and O–H groups in total. The molecule has 1 aromatic carbocycles. The summed E-state index contributed by atoms with van der Waals surface area (Å²) in [6, 6.07) is 7.19. The fraction of sp³-hybridized carbons (Fsp3) is 0.0833. The van der Waals surface area contributed by atoms with E-state index < -0.39 is 5.82 Å². The van der Waals surface area contributed by atoms with Crippen LogP contribution in [0.4, 0.5) is 4.39 Å². The van der Waals surface area contributed by atoms with Crippen molar-refractivity contribution >= 4 is 28.9 Å². The maximum Gasteiger partial charge on any atom is 0.176 e. The minimum Gasteiger partial charge on any atom is -0.507 e. The van der Waals surface area contributed by atoms with Gasteiger partial charge in [-0.25, -0.2) is 4.39 Å². The molecule has 1 aromatic heterocycles. The van der Waals surface area contributed by atoms with Crippen molar-refractivity contribution < 1.29 is 14.3 Å². The molecule has 0 fully saturated rings. The van der Waals surface area contributed by atoms with Crippen molar-refractivity contribution in [3.63, 3.8) is 0 Å². The Morgan fingerprint density at radius 1 is 1.41 bits per heavy atom. The zero-order valence-electron chi connectivity index (χ0n) is 8.72. The Labute approximate surface area is 106 Å². The average molecular weight is 268 g/mol. The van der Waals surface area contributed by atoms with E-state index in [0.717, 1.165) is 16.3 Å². The molecular formula is C12H9FO2S2. The Morgan fingerprint density at radius 2 is 2.24 bits per heavy atom. The highest BCUT2D eigenvalue weighted by molar-refractivity contribution is 8.01. The lowest BCUT2D eigenvalue weighted by Gasteiger charge is -2.03. The molecule has 2 nitrogen and oxygen atoms in total. The summed E-state index contributed by atoms with van der Waals surface area (Å²) in [6.07, 6.45) is 0. The van der Waals surface area contributed by atoms with Crippen LogP contribution in [0.15, 0.2) is 39.9 Å². The minimum absolute atomic E-state index is 0.0362. The zero-order chi connectivity index (χ0) is 12.3. The average Bonchev–Trinajstić information content (AvgIpc) is 2.82. The second-order valence-corrected chi connectivity index (χ2v) is 5.53. The lowest BCUT2D eigenvalue weighted by atomic mass is 10.1. The predicted octanol–water partition coefficient (Wildman–Crippen LogP) is 3.57. The van der Waals surface area contributed by atoms with Gasteiger partial charge >= 0.3 is 0 Å². The molecule has 2 aromatic rings. The van der Waals surface area contributed by atoms with Gasteiger partial charge < -0.3 is 5.11 Å². The summed E-state index contributed by atoms with van der Waals surface area (Å²) < 4.78 is 14.0. The number of carbonyl (C=O) groups excluding carboxylic acids is 1. The number of carbonyl (C=O) groups is 1. The van der Waals surface area contributed by atoms with E-state index in [1.807, 2.05) is 17.5 Å². The third-order valence-electron chi connectivity index (χ3n) is 2.10. The third kappa shape index (κ3) is 3.08. The van der Waals surface area contributed by atoms with Crippen molar-refractivity contribution in [2.45, 2.75) is 4.21 Å². The molecule has 88 valence electrons. The molecule has 0 atom stereocenters. The topological polar surface area (TPSA) is 37.3 Å². The summed E-state index contributed by atoms with van der Waals surface area (Å²) in [7, 11) is 0. The van der Waals surface area contributed by atoms with Crippen LogP contribution in [-0.4, -0.2) is 16.6 Å². The summed E-state index contributed by atoms with van der Waals surface area (Å²) in [6.45, 7) is 0. The Kier molecular flexibility index (Phi) is 3.81. The summed E-state index contributed by atoms with van der Waals surface area (Å²) in [5.41, 5.74) is 0.0362. The Balaban J connectivity index is 2.07. The lowest BCUT2D eigenvalue weighted by Crippen LogP contribution is -2.03. The molecule has 1 heterocycles. The van der Waals surface area contributed by atoms with Gasteiger partial charge in [-0.3, -0.25) is 4.79 Å². The summed E-state index contributed by atoms with van der Waals surface area (Å²) >= 11 is 2.92. The van der Waals surface area contributed by atoms with Crippen LogP contribution in [0, 0.1) is 5.82 Å².